The van der Waals surface area contributed by atoms with Gasteiger partial charge < -0.3 is 0 Å². The van der Waals surface area contributed by atoms with Crippen molar-refractivity contribution in [1.82, 2.24) is 4.98 Å². The highest BCUT2D eigenvalue weighted by Crippen LogP contribution is 2.25. The van der Waals surface area contributed by atoms with Crippen molar-refractivity contribution in [1.29, 1.82) is 0 Å². The molecule has 0 bridgehead atoms. The van der Waals surface area contributed by atoms with Crippen molar-refractivity contribution >= 4 is 44.1 Å². The van der Waals surface area contributed by atoms with E-state index in [1.807, 2.05) is 0 Å². The molecule has 0 aliphatic carbocycles. The molecule has 2 aromatic rings. The molecule has 0 aliphatic heterocycles. The molecular weight excluding hydrogens is 281 g/mol. The molecule has 0 unspecified atom stereocenters. The summed E-state index contributed by atoms with van der Waals surface area (Å²) in [6.45, 7) is 4.27. The number of halogens is 1. The molecule has 0 aliphatic rings. The van der Waals surface area contributed by atoms with E-state index in [4.69, 9.17) is 0 Å². The van der Waals surface area contributed by atoms with Gasteiger partial charge in [-0.3, -0.25) is 0 Å². The molecule has 0 N–H and O–H groups in total. The molecule has 0 radical (unpaired) electrons. The van der Waals surface area contributed by atoms with Gasteiger partial charge in [0.15, 0.2) is 3.01 Å². The van der Waals surface area contributed by atoms with E-state index >= 15 is 0 Å². The first-order valence-corrected chi connectivity index (χ1v) is 5.59. The number of hydrogen-bond acceptors (Lipinski definition) is 2. The highest BCUT2D eigenvalue weighted by Gasteiger charge is 2.02. The third-order valence-electron chi connectivity index (χ3n) is 1.98. The maximum atomic E-state index is 4.42. The number of hydrogen-bond donors (Lipinski definition) is 0. The lowest BCUT2D eigenvalue weighted by Crippen LogP contribution is -1.79. The molecular formula is C9H8INS. The van der Waals surface area contributed by atoms with Crippen LogP contribution in [0.15, 0.2) is 12.1 Å². The standard InChI is InChI=1S/C9H8INS/c1-5-3-7-8(4-6(5)2)12-9(10)11-7/h3-4H,1-2H3. The van der Waals surface area contributed by atoms with E-state index < -0.39 is 0 Å². The SMILES string of the molecule is Cc1cc2nc(I)sc2cc1C. The van der Waals surface area contributed by atoms with Gasteiger partial charge in [-0.25, -0.2) is 4.98 Å². The zero-order valence-corrected chi connectivity index (χ0v) is 9.86. The average molecular weight is 289 g/mol. The molecule has 1 nitrogen and oxygen atoms in total. The van der Waals surface area contributed by atoms with E-state index in [0.717, 1.165) is 8.53 Å². The van der Waals surface area contributed by atoms with Crippen molar-refractivity contribution in [3.63, 3.8) is 0 Å². The molecule has 1 heterocycles. The first-order valence-electron chi connectivity index (χ1n) is 3.70. The highest BCUT2D eigenvalue weighted by molar-refractivity contribution is 14.1. The summed E-state index contributed by atoms with van der Waals surface area (Å²) in [4.78, 5) is 4.42. The molecule has 1 aromatic carbocycles. The van der Waals surface area contributed by atoms with Crippen LogP contribution in [0.1, 0.15) is 11.1 Å². The van der Waals surface area contributed by atoms with Gasteiger partial charge in [-0.2, -0.15) is 0 Å². The summed E-state index contributed by atoms with van der Waals surface area (Å²) in [6, 6.07) is 4.37. The van der Waals surface area contributed by atoms with Crippen LogP contribution in [0.4, 0.5) is 0 Å². The zero-order chi connectivity index (χ0) is 8.72. The van der Waals surface area contributed by atoms with Crippen LogP contribution in [-0.4, -0.2) is 4.98 Å². The predicted molar refractivity (Wildman–Crippen MR) is 61.8 cm³/mol. The van der Waals surface area contributed by atoms with Crippen LogP contribution in [-0.2, 0) is 0 Å². The summed E-state index contributed by atoms with van der Waals surface area (Å²) < 4.78 is 2.41. The highest BCUT2D eigenvalue weighted by atomic mass is 127. The fourth-order valence-electron chi connectivity index (χ4n) is 1.15. The Morgan fingerprint density at radius 3 is 2.67 bits per heavy atom. The Balaban J connectivity index is 2.83. The maximum absolute atomic E-state index is 4.42. The minimum absolute atomic E-state index is 1.12. The number of benzene rings is 1. The second kappa shape index (κ2) is 2.96. The van der Waals surface area contributed by atoms with Crippen LogP contribution >= 0.6 is 33.9 Å². The van der Waals surface area contributed by atoms with Gasteiger partial charge in [-0.1, -0.05) is 0 Å². The van der Waals surface area contributed by atoms with Gasteiger partial charge in [0.1, 0.15) is 0 Å². The van der Waals surface area contributed by atoms with Crippen LogP contribution in [0, 0.1) is 16.9 Å². The zero-order valence-electron chi connectivity index (χ0n) is 6.89. The first kappa shape index (κ1) is 8.44. The number of aryl methyl sites for hydroxylation is 2. The number of rotatable bonds is 0. The van der Waals surface area contributed by atoms with Gasteiger partial charge in [0, 0.05) is 0 Å². The first-order chi connectivity index (χ1) is 5.66. The molecule has 1 aromatic heterocycles. The van der Waals surface area contributed by atoms with Gasteiger partial charge in [0.25, 0.3) is 0 Å². The van der Waals surface area contributed by atoms with Crippen molar-refractivity contribution in [2.75, 3.05) is 0 Å². The van der Waals surface area contributed by atoms with Crippen molar-refractivity contribution in [3.05, 3.63) is 26.3 Å². The van der Waals surface area contributed by atoms with Gasteiger partial charge in [-0.05, 0) is 59.7 Å². The van der Waals surface area contributed by atoms with Gasteiger partial charge in [0.2, 0.25) is 0 Å². The molecule has 2 rings (SSSR count). The summed E-state index contributed by atoms with van der Waals surface area (Å²) in [5.74, 6) is 0. The normalized spacial score (nSPS) is 10.9. The average Bonchev–Trinajstić information content (AvgIpc) is 2.30. The lowest BCUT2D eigenvalue weighted by molar-refractivity contribution is 1.35. The summed E-state index contributed by atoms with van der Waals surface area (Å²) >= 11 is 4.01. The van der Waals surface area contributed by atoms with E-state index in [1.54, 1.807) is 11.3 Å². The minimum atomic E-state index is 1.12. The Labute approximate surface area is 89.0 Å². The van der Waals surface area contributed by atoms with Crippen molar-refractivity contribution in [2.24, 2.45) is 0 Å². The molecule has 12 heavy (non-hydrogen) atoms. The Kier molecular flexibility index (Phi) is 2.08. The van der Waals surface area contributed by atoms with Crippen LogP contribution in [0.5, 0.6) is 0 Å². The molecule has 62 valence electrons. The lowest BCUT2D eigenvalue weighted by Gasteiger charge is -1.96. The number of thiazole rings is 1. The summed E-state index contributed by atoms with van der Waals surface area (Å²) in [5, 5.41) is 0. The number of fused-ring (bicyclic) bond motifs is 1. The monoisotopic (exact) mass is 289 g/mol. The van der Waals surface area contributed by atoms with Crippen molar-refractivity contribution in [2.45, 2.75) is 13.8 Å². The third kappa shape index (κ3) is 1.35. The molecule has 0 spiro atoms. The molecule has 0 saturated heterocycles. The molecule has 3 heteroatoms. The lowest BCUT2D eigenvalue weighted by atomic mass is 10.1. The molecule has 0 saturated carbocycles. The van der Waals surface area contributed by atoms with Crippen LogP contribution < -0.4 is 0 Å². The van der Waals surface area contributed by atoms with Crippen molar-refractivity contribution in [3.8, 4) is 0 Å². The Hall–Kier alpha value is -0.160. The number of aromatic nitrogens is 1. The largest absolute Gasteiger partial charge is 0.230 e. The molecule has 0 atom stereocenters. The summed E-state index contributed by atoms with van der Waals surface area (Å²) in [6.07, 6.45) is 0. The Morgan fingerprint density at radius 1 is 1.25 bits per heavy atom. The fraction of sp³-hybridized carbons (Fsp3) is 0.222. The Morgan fingerprint density at radius 2 is 1.92 bits per heavy atom. The third-order valence-corrected chi connectivity index (χ3v) is 3.69. The predicted octanol–water partition coefficient (Wildman–Crippen LogP) is 3.52. The minimum Gasteiger partial charge on any atom is -0.230 e. The van der Waals surface area contributed by atoms with Crippen LogP contribution in [0.2, 0.25) is 0 Å². The summed E-state index contributed by atoms with van der Waals surface area (Å²) in [5.41, 5.74) is 3.80. The quantitative estimate of drug-likeness (QED) is 0.676. The van der Waals surface area contributed by atoms with Crippen LogP contribution in [0.25, 0.3) is 10.2 Å². The second-order valence-electron chi connectivity index (χ2n) is 2.87. The Bertz CT molecular complexity index is 394. The maximum Gasteiger partial charge on any atom is 0.155 e. The van der Waals surface area contributed by atoms with E-state index in [9.17, 15) is 0 Å². The van der Waals surface area contributed by atoms with Gasteiger partial charge in [0.05, 0.1) is 10.2 Å². The topological polar surface area (TPSA) is 12.9 Å². The summed E-state index contributed by atoms with van der Waals surface area (Å²) in [7, 11) is 0. The van der Waals surface area contributed by atoms with Crippen molar-refractivity contribution < 1.29 is 0 Å². The van der Waals surface area contributed by atoms with Gasteiger partial charge >= 0.3 is 0 Å². The van der Waals surface area contributed by atoms with Crippen LogP contribution in [0.3, 0.4) is 0 Å². The number of nitrogens with zero attached hydrogens (tertiary/aromatic N) is 1. The molecule has 0 amide bonds. The van der Waals surface area contributed by atoms with E-state index in [0.29, 0.717) is 0 Å². The van der Waals surface area contributed by atoms with E-state index in [2.05, 4.69) is 53.6 Å². The second-order valence-corrected chi connectivity index (χ2v) is 5.66. The fourth-order valence-corrected chi connectivity index (χ4v) is 2.89. The van der Waals surface area contributed by atoms with E-state index in [-0.39, 0.29) is 0 Å². The smallest absolute Gasteiger partial charge is 0.155 e. The van der Waals surface area contributed by atoms with Gasteiger partial charge in [-0.15, -0.1) is 11.3 Å². The van der Waals surface area contributed by atoms with E-state index in [1.165, 1.54) is 15.8 Å². The molecule has 0 fully saturated rings.